The van der Waals surface area contributed by atoms with Gasteiger partial charge in [-0.05, 0) is 50.3 Å². The number of nitrogens with zero attached hydrogens (tertiary/aromatic N) is 1. The molecule has 2 fully saturated rings. The maximum Gasteiger partial charge on any atom is 0.225 e. The summed E-state index contributed by atoms with van der Waals surface area (Å²) in [5, 5.41) is 3.51. The van der Waals surface area contributed by atoms with E-state index in [9.17, 15) is 4.79 Å². The monoisotopic (exact) mass is 358 g/mol. The fourth-order valence-corrected chi connectivity index (χ4v) is 4.21. The van der Waals surface area contributed by atoms with Crippen LogP contribution >= 0.6 is 0 Å². The van der Waals surface area contributed by atoms with Crippen molar-refractivity contribution < 1.29 is 9.53 Å². The Morgan fingerprint density at radius 1 is 1.00 bits per heavy atom. The van der Waals surface area contributed by atoms with Crippen LogP contribution in [0.3, 0.4) is 0 Å². The molecule has 26 heavy (non-hydrogen) atoms. The number of piperidine rings is 1. The minimum Gasteiger partial charge on any atom is -0.492 e. The average molecular weight is 359 g/mol. The van der Waals surface area contributed by atoms with Crippen molar-refractivity contribution in [3.63, 3.8) is 0 Å². The highest BCUT2D eigenvalue weighted by Gasteiger charge is 2.28. The lowest BCUT2D eigenvalue weighted by molar-refractivity contribution is -0.137. The van der Waals surface area contributed by atoms with Crippen molar-refractivity contribution in [2.24, 2.45) is 11.8 Å². The molecule has 144 valence electrons. The van der Waals surface area contributed by atoms with Crippen molar-refractivity contribution >= 4 is 5.91 Å². The second kappa shape index (κ2) is 10.6. The third kappa shape index (κ3) is 6.01. The van der Waals surface area contributed by atoms with E-state index in [1.54, 1.807) is 0 Å². The Morgan fingerprint density at radius 2 is 1.69 bits per heavy atom. The summed E-state index contributed by atoms with van der Waals surface area (Å²) in [5.74, 6) is 2.36. The Morgan fingerprint density at radius 3 is 2.38 bits per heavy atom. The van der Waals surface area contributed by atoms with Crippen LogP contribution in [0.25, 0.3) is 0 Å². The number of hydrogen-bond donors (Lipinski definition) is 1. The molecule has 0 radical (unpaired) electrons. The Labute approximate surface area is 158 Å². The number of carbonyl (C=O) groups excluding carboxylic acids is 1. The lowest BCUT2D eigenvalue weighted by atomic mass is 9.93. The standard InChI is InChI=1S/C22H34N2O2/c25-22(20-8-4-1-2-5-9-20)24-15-12-19(13-16-24)18-23-14-17-26-21-10-6-3-7-11-21/h3,6-7,10-11,19-20,23H,1-2,4-5,8-9,12-18H2. The molecular weight excluding hydrogens is 324 g/mol. The van der Waals surface area contributed by atoms with Crippen LogP contribution in [0.2, 0.25) is 0 Å². The SMILES string of the molecule is O=C(C1CCCCCC1)N1CCC(CNCCOc2ccccc2)CC1. The molecule has 1 aliphatic heterocycles. The van der Waals surface area contributed by atoms with Gasteiger partial charge in [0.05, 0.1) is 0 Å². The van der Waals surface area contributed by atoms with Gasteiger partial charge in [0.15, 0.2) is 0 Å². The molecule has 0 bridgehead atoms. The molecule has 1 saturated heterocycles. The van der Waals surface area contributed by atoms with E-state index in [1.165, 1.54) is 25.7 Å². The summed E-state index contributed by atoms with van der Waals surface area (Å²) in [4.78, 5) is 14.9. The second-order valence-corrected chi connectivity index (χ2v) is 7.82. The third-order valence-electron chi connectivity index (χ3n) is 5.85. The first-order chi connectivity index (χ1) is 12.8. The third-order valence-corrected chi connectivity index (χ3v) is 5.85. The highest BCUT2D eigenvalue weighted by molar-refractivity contribution is 5.78. The normalized spacial score (nSPS) is 19.9. The van der Waals surface area contributed by atoms with Crippen molar-refractivity contribution in [2.45, 2.75) is 51.4 Å². The highest BCUT2D eigenvalue weighted by atomic mass is 16.5. The largest absolute Gasteiger partial charge is 0.492 e. The van der Waals surface area contributed by atoms with Crippen LogP contribution in [0, 0.1) is 11.8 Å². The molecule has 2 aliphatic rings. The molecule has 4 nitrogen and oxygen atoms in total. The molecule has 3 rings (SSSR count). The Hall–Kier alpha value is -1.55. The summed E-state index contributed by atoms with van der Waals surface area (Å²) in [5.41, 5.74) is 0. The predicted octanol–water partition coefficient (Wildman–Crippen LogP) is 3.86. The van der Waals surface area contributed by atoms with Crippen LogP contribution in [0.15, 0.2) is 30.3 Å². The highest BCUT2D eigenvalue weighted by Crippen LogP contribution is 2.26. The van der Waals surface area contributed by atoms with Crippen LogP contribution in [0.4, 0.5) is 0 Å². The summed E-state index contributed by atoms with van der Waals surface area (Å²) in [6.07, 6.45) is 9.58. The zero-order valence-electron chi connectivity index (χ0n) is 16.0. The van der Waals surface area contributed by atoms with Crippen molar-refractivity contribution in [1.82, 2.24) is 10.2 Å². The summed E-state index contributed by atoms with van der Waals surface area (Å²) in [6, 6.07) is 9.96. The van der Waals surface area contributed by atoms with Gasteiger partial charge in [0, 0.05) is 25.6 Å². The maximum absolute atomic E-state index is 12.7. The number of hydrogen-bond acceptors (Lipinski definition) is 3. The summed E-state index contributed by atoms with van der Waals surface area (Å²) in [6.45, 7) is 4.49. The van der Waals surface area contributed by atoms with Gasteiger partial charge in [-0.2, -0.15) is 0 Å². The van der Waals surface area contributed by atoms with Crippen LogP contribution in [0.1, 0.15) is 51.4 Å². The number of benzene rings is 1. The van der Waals surface area contributed by atoms with Crippen molar-refractivity contribution in [2.75, 3.05) is 32.8 Å². The number of ether oxygens (including phenoxy) is 1. The fraction of sp³-hybridized carbons (Fsp3) is 0.682. The molecule has 1 saturated carbocycles. The molecule has 1 aromatic carbocycles. The molecule has 0 aromatic heterocycles. The van der Waals surface area contributed by atoms with Crippen molar-refractivity contribution in [3.05, 3.63) is 30.3 Å². The van der Waals surface area contributed by atoms with Crippen molar-refractivity contribution in [1.29, 1.82) is 0 Å². The molecule has 0 unspecified atom stereocenters. The first-order valence-electron chi connectivity index (χ1n) is 10.5. The van der Waals surface area contributed by atoms with Gasteiger partial charge in [-0.25, -0.2) is 0 Å². The van der Waals surface area contributed by atoms with E-state index in [4.69, 9.17) is 4.74 Å². The lowest BCUT2D eigenvalue weighted by Gasteiger charge is -2.34. The molecule has 1 aliphatic carbocycles. The van der Waals surface area contributed by atoms with Gasteiger partial charge >= 0.3 is 0 Å². The number of amides is 1. The molecule has 1 heterocycles. The molecule has 0 atom stereocenters. The zero-order chi connectivity index (χ0) is 18.0. The number of para-hydroxylation sites is 1. The molecule has 1 N–H and O–H groups in total. The molecule has 1 amide bonds. The first kappa shape index (κ1) is 19.2. The van der Waals surface area contributed by atoms with Crippen LogP contribution in [-0.2, 0) is 4.79 Å². The summed E-state index contributed by atoms with van der Waals surface area (Å²) < 4.78 is 5.71. The molecular formula is C22H34N2O2. The number of likely N-dealkylation sites (tertiary alicyclic amines) is 1. The van der Waals surface area contributed by atoms with E-state index in [2.05, 4.69) is 10.2 Å². The Kier molecular flexibility index (Phi) is 7.81. The van der Waals surface area contributed by atoms with Gasteiger partial charge in [0.2, 0.25) is 5.91 Å². The van der Waals surface area contributed by atoms with E-state index in [-0.39, 0.29) is 0 Å². The number of nitrogens with one attached hydrogen (secondary N) is 1. The van der Waals surface area contributed by atoms with E-state index in [1.807, 2.05) is 30.3 Å². The Bertz CT molecular complexity index is 518. The van der Waals surface area contributed by atoms with Gasteiger partial charge in [0.1, 0.15) is 12.4 Å². The zero-order valence-corrected chi connectivity index (χ0v) is 16.0. The summed E-state index contributed by atoms with van der Waals surface area (Å²) >= 11 is 0. The predicted molar refractivity (Wildman–Crippen MR) is 105 cm³/mol. The second-order valence-electron chi connectivity index (χ2n) is 7.82. The minimum absolute atomic E-state index is 0.308. The van der Waals surface area contributed by atoms with Gasteiger partial charge < -0.3 is 15.0 Å². The van der Waals surface area contributed by atoms with Gasteiger partial charge in [-0.3, -0.25) is 4.79 Å². The fourth-order valence-electron chi connectivity index (χ4n) is 4.21. The topological polar surface area (TPSA) is 41.6 Å². The summed E-state index contributed by atoms with van der Waals surface area (Å²) in [7, 11) is 0. The minimum atomic E-state index is 0.308. The van der Waals surface area contributed by atoms with Crippen LogP contribution < -0.4 is 10.1 Å². The molecule has 1 aromatic rings. The average Bonchev–Trinajstić information content (AvgIpc) is 2.98. The van der Waals surface area contributed by atoms with E-state index in [0.717, 1.165) is 57.6 Å². The lowest BCUT2D eigenvalue weighted by Crippen LogP contribution is -2.43. The molecule has 0 spiro atoms. The first-order valence-corrected chi connectivity index (χ1v) is 10.5. The number of carbonyl (C=O) groups is 1. The number of rotatable bonds is 7. The Balaban J connectivity index is 1.28. The van der Waals surface area contributed by atoms with Gasteiger partial charge in [-0.1, -0.05) is 43.9 Å². The smallest absolute Gasteiger partial charge is 0.225 e. The van der Waals surface area contributed by atoms with Gasteiger partial charge in [-0.15, -0.1) is 0 Å². The van der Waals surface area contributed by atoms with Gasteiger partial charge in [0.25, 0.3) is 0 Å². The maximum atomic E-state index is 12.7. The van der Waals surface area contributed by atoms with E-state index < -0.39 is 0 Å². The van der Waals surface area contributed by atoms with Crippen LogP contribution in [0.5, 0.6) is 5.75 Å². The van der Waals surface area contributed by atoms with E-state index in [0.29, 0.717) is 24.3 Å². The van der Waals surface area contributed by atoms with Crippen molar-refractivity contribution in [3.8, 4) is 5.75 Å². The van der Waals surface area contributed by atoms with E-state index >= 15 is 0 Å². The quantitative estimate of drug-likeness (QED) is 0.594. The van der Waals surface area contributed by atoms with Crippen LogP contribution in [-0.4, -0.2) is 43.6 Å². The molecule has 4 heteroatoms.